The summed E-state index contributed by atoms with van der Waals surface area (Å²) in [6, 6.07) is 9.79. The maximum atomic E-state index is 11.3. The van der Waals surface area contributed by atoms with Crippen molar-refractivity contribution >= 4 is 35.0 Å². The molecule has 1 aromatic heterocycles. The molecule has 0 saturated carbocycles. The van der Waals surface area contributed by atoms with Gasteiger partial charge >= 0.3 is 5.69 Å². The molecular weight excluding hydrogens is 334 g/mol. The van der Waals surface area contributed by atoms with Crippen LogP contribution in [0.4, 0.5) is 11.5 Å². The monoisotopic (exact) mass is 347 g/mol. The minimum Gasteiger partial charge on any atom is -0.364 e. The Morgan fingerprint density at radius 1 is 1.35 bits per heavy atom. The van der Waals surface area contributed by atoms with Crippen LogP contribution in [0.15, 0.2) is 40.5 Å². The first-order valence-electron chi connectivity index (χ1n) is 6.60. The van der Waals surface area contributed by atoms with E-state index in [-0.39, 0.29) is 16.5 Å². The maximum Gasteiger partial charge on any atom is 0.344 e. The first-order chi connectivity index (χ1) is 11.2. The maximum absolute atomic E-state index is 11.3. The quantitative estimate of drug-likeness (QED) is 0.203. The van der Waals surface area contributed by atoms with Gasteiger partial charge in [0.05, 0.1) is 4.92 Å². The topological polar surface area (TPSA) is 105 Å². The summed E-state index contributed by atoms with van der Waals surface area (Å²) in [5, 5.41) is 25.4. The lowest BCUT2D eigenvalue weighted by Crippen LogP contribution is -2.10. The molecule has 0 bridgehead atoms. The summed E-state index contributed by atoms with van der Waals surface area (Å²) in [5.74, 6) is 0.142. The third kappa shape index (κ3) is 4.58. The summed E-state index contributed by atoms with van der Waals surface area (Å²) in [6.07, 6.45) is 2.48. The summed E-state index contributed by atoms with van der Waals surface area (Å²) in [7, 11) is 0. The second kappa shape index (κ2) is 8.36. The minimum atomic E-state index is -0.561. The Hall–Kier alpha value is -2.31. The summed E-state index contributed by atoms with van der Waals surface area (Å²) in [6.45, 7) is 0.492. The largest absolute Gasteiger partial charge is 0.364 e. The van der Waals surface area contributed by atoms with Gasteiger partial charge in [0.15, 0.2) is 10.2 Å². The predicted octanol–water partition coefficient (Wildman–Crippen LogP) is 3.33. The highest BCUT2D eigenvalue weighted by atomic mass is 32.2. The second-order valence-electron chi connectivity index (χ2n) is 4.33. The summed E-state index contributed by atoms with van der Waals surface area (Å²) in [5.41, 5.74) is 0.857. The van der Waals surface area contributed by atoms with Gasteiger partial charge in [-0.1, -0.05) is 42.1 Å². The molecule has 9 heteroatoms. The van der Waals surface area contributed by atoms with Gasteiger partial charge in [-0.15, -0.1) is 0 Å². The van der Waals surface area contributed by atoms with Gasteiger partial charge in [-0.2, -0.15) is 10.2 Å². The summed E-state index contributed by atoms with van der Waals surface area (Å²) < 4.78 is 0. The van der Waals surface area contributed by atoms with Crippen molar-refractivity contribution in [2.45, 2.75) is 16.6 Å². The number of benzene rings is 1. The molecule has 2 aromatic rings. The number of nitrogens with zero attached hydrogens (tertiary/aromatic N) is 4. The molecule has 0 aliphatic carbocycles. The molecule has 0 saturated heterocycles. The van der Waals surface area contributed by atoms with Gasteiger partial charge in [0.1, 0.15) is 5.40 Å². The first kappa shape index (κ1) is 17.1. The van der Waals surface area contributed by atoms with E-state index in [1.807, 2.05) is 35.7 Å². The van der Waals surface area contributed by atoms with Crippen LogP contribution >= 0.6 is 23.5 Å². The predicted molar refractivity (Wildman–Crippen MR) is 90.6 cm³/mol. The molecule has 0 aliphatic rings. The fourth-order valence-corrected chi connectivity index (χ4v) is 2.79. The zero-order chi connectivity index (χ0) is 16.7. The van der Waals surface area contributed by atoms with Crippen molar-refractivity contribution in [2.24, 2.45) is 0 Å². The van der Waals surface area contributed by atoms with E-state index in [0.717, 1.165) is 5.56 Å². The number of hydrogen-bond donors (Lipinski definition) is 1. The van der Waals surface area contributed by atoms with Crippen LogP contribution in [0.2, 0.25) is 0 Å². The van der Waals surface area contributed by atoms with Crippen LogP contribution < -0.4 is 5.32 Å². The molecule has 0 spiro atoms. The van der Waals surface area contributed by atoms with Gasteiger partial charge in [-0.3, -0.25) is 10.1 Å². The lowest BCUT2D eigenvalue weighted by Gasteiger charge is -2.09. The summed E-state index contributed by atoms with van der Waals surface area (Å²) in [4.78, 5) is 18.9. The van der Waals surface area contributed by atoms with Crippen LogP contribution in [0.3, 0.4) is 0 Å². The number of rotatable bonds is 7. The molecule has 1 N–H and O–H groups in total. The summed E-state index contributed by atoms with van der Waals surface area (Å²) >= 11 is 1.93. The average molecular weight is 347 g/mol. The number of anilines is 1. The highest BCUT2D eigenvalue weighted by Crippen LogP contribution is 2.34. The van der Waals surface area contributed by atoms with Crippen LogP contribution in [-0.4, -0.2) is 27.7 Å². The van der Waals surface area contributed by atoms with Gasteiger partial charge < -0.3 is 5.32 Å². The molecule has 0 fully saturated rings. The Morgan fingerprint density at radius 2 is 2.09 bits per heavy atom. The third-order valence-electron chi connectivity index (χ3n) is 2.89. The molecule has 118 valence electrons. The standard InChI is InChI=1S/C14H13N5O2S2/c1-22-14-17-12(11(19(20)21)13(18-14)23-9-15)16-8-7-10-5-3-2-4-6-10/h2-6H,7-8H2,1H3,(H,16,17,18). The number of thiocyanates is 1. The molecule has 0 amide bonds. The van der Waals surface area contributed by atoms with Crippen molar-refractivity contribution < 1.29 is 4.92 Å². The van der Waals surface area contributed by atoms with Crippen molar-refractivity contribution in [3.05, 3.63) is 46.0 Å². The van der Waals surface area contributed by atoms with E-state index in [2.05, 4.69) is 15.3 Å². The first-order valence-corrected chi connectivity index (χ1v) is 8.64. The lowest BCUT2D eigenvalue weighted by molar-refractivity contribution is -0.387. The van der Waals surface area contributed by atoms with Crippen molar-refractivity contribution in [3.63, 3.8) is 0 Å². The fraction of sp³-hybridized carbons (Fsp3) is 0.214. The van der Waals surface area contributed by atoms with Crippen LogP contribution in [0.5, 0.6) is 0 Å². The van der Waals surface area contributed by atoms with Gasteiger partial charge in [0, 0.05) is 18.3 Å². The van der Waals surface area contributed by atoms with Crippen LogP contribution in [0.1, 0.15) is 5.56 Å². The molecule has 1 heterocycles. The minimum absolute atomic E-state index is 0.0547. The van der Waals surface area contributed by atoms with Crippen LogP contribution in [0.25, 0.3) is 0 Å². The number of nitriles is 1. The van der Waals surface area contributed by atoms with Crippen molar-refractivity contribution in [2.75, 3.05) is 18.1 Å². The molecule has 0 unspecified atom stereocenters. The molecule has 2 rings (SSSR count). The molecule has 1 aromatic carbocycles. The van der Waals surface area contributed by atoms with Gasteiger partial charge in [-0.25, -0.2) is 4.98 Å². The molecule has 7 nitrogen and oxygen atoms in total. The number of hydrogen-bond acceptors (Lipinski definition) is 8. The van der Waals surface area contributed by atoms with E-state index in [4.69, 9.17) is 5.26 Å². The number of nitro groups is 1. The molecular formula is C14H13N5O2S2. The van der Waals surface area contributed by atoms with E-state index in [0.29, 0.717) is 29.9 Å². The fourth-order valence-electron chi connectivity index (χ4n) is 1.88. The van der Waals surface area contributed by atoms with Gasteiger partial charge in [-0.05, 0) is 18.2 Å². The van der Waals surface area contributed by atoms with Crippen LogP contribution in [0, 0.1) is 20.8 Å². The zero-order valence-electron chi connectivity index (χ0n) is 12.2. The Morgan fingerprint density at radius 3 is 2.70 bits per heavy atom. The van der Waals surface area contributed by atoms with Crippen molar-refractivity contribution in [1.82, 2.24) is 9.97 Å². The molecule has 0 radical (unpaired) electrons. The molecule has 0 aliphatic heterocycles. The third-order valence-corrected chi connectivity index (χ3v) is 4.00. The zero-order valence-corrected chi connectivity index (χ0v) is 13.9. The smallest absolute Gasteiger partial charge is 0.344 e. The van der Waals surface area contributed by atoms with Gasteiger partial charge in [0.2, 0.25) is 5.82 Å². The number of nitrogens with one attached hydrogen (secondary N) is 1. The number of thioether (sulfide) groups is 2. The van der Waals surface area contributed by atoms with E-state index >= 15 is 0 Å². The lowest BCUT2D eigenvalue weighted by atomic mass is 10.1. The Balaban J connectivity index is 2.23. The van der Waals surface area contributed by atoms with Gasteiger partial charge in [0.25, 0.3) is 0 Å². The van der Waals surface area contributed by atoms with Crippen LogP contribution in [-0.2, 0) is 6.42 Å². The highest BCUT2D eigenvalue weighted by molar-refractivity contribution is 8.03. The van der Waals surface area contributed by atoms with E-state index in [1.165, 1.54) is 11.8 Å². The van der Waals surface area contributed by atoms with E-state index < -0.39 is 4.92 Å². The Labute approximate surface area is 141 Å². The number of aromatic nitrogens is 2. The Bertz CT molecular complexity index is 734. The average Bonchev–Trinajstić information content (AvgIpc) is 2.55. The molecule has 23 heavy (non-hydrogen) atoms. The molecule has 0 atom stereocenters. The Kier molecular flexibility index (Phi) is 6.19. The SMILES string of the molecule is CSc1nc(NCCc2ccccc2)c([N+](=O)[O-])c(SC#N)n1. The van der Waals surface area contributed by atoms with Crippen molar-refractivity contribution in [3.8, 4) is 5.40 Å². The highest BCUT2D eigenvalue weighted by Gasteiger charge is 2.25. The second-order valence-corrected chi connectivity index (χ2v) is 5.87. The van der Waals surface area contributed by atoms with E-state index in [1.54, 1.807) is 6.26 Å². The van der Waals surface area contributed by atoms with Crippen molar-refractivity contribution in [1.29, 1.82) is 5.26 Å². The normalized spacial score (nSPS) is 10.1. The van der Waals surface area contributed by atoms with E-state index in [9.17, 15) is 10.1 Å².